The molecule has 0 radical (unpaired) electrons. The van der Waals surface area contributed by atoms with Crippen LogP contribution in [0, 0.1) is 13.8 Å². The van der Waals surface area contributed by atoms with Gasteiger partial charge in [0.15, 0.2) is 0 Å². The lowest BCUT2D eigenvalue weighted by atomic mass is 10.0. The molecule has 0 aliphatic carbocycles. The Morgan fingerprint density at radius 1 is 1.19 bits per heavy atom. The minimum absolute atomic E-state index is 0.581. The monoisotopic (exact) mass is 214 g/mol. The third-order valence-corrected chi connectivity index (χ3v) is 2.88. The fourth-order valence-corrected chi connectivity index (χ4v) is 1.88. The average Bonchev–Trinajstić information content (AvgIpc) is 2.64. The average molecular weight is 214 g/mol. The molecule has 84 valence electrons. The van der Waals surface area contributed by atoms with Gasteiger partial charge in [0.05, 0.1) is 12.0 Å². The van der Waals surface area contributed by atoms with Gasteiger partial charge in [0.2, 0.25) is 0 Å². The molecule has 0 unspecified atom stereocenters. The minimum Gasteiger partial charge on any atom is -0.306 e. The fourth-order valence-electron chi connectivity index (χ4n) is 1.88. The second kappa shape index (κ2) is 4.12. The summed E-state index contributed by atoms with van der Waals surface area (Å²) in [6.07, 6.45) is 3.92. The van der Waals surface area contributed by atoms with Crippen LogP contribution in [0.25, 0.3) is 5.69 Å². The van der Waals surface area contributed by atoms with Gasteiger partial charge >= 0.3 is 0 Å². The zero-order valence-corrected chi connectivity index (χ0v) is 10.4. The lowest BCUT2D eigenvalue weighted by Crippen LogP contribution is -1.96. The Balaban J connectivity index is 2.44. The molecule has 0 saturated carbocycles. The van der Waals surface area contributed by atoms with E-state index in [1.54, 1.807) is 0 Å². The number of nitrogens with zero attached hydrogens (tertiary/aromatic N) is 2. The Bertz CT molecular complexity index is 495. The first kappa shape index (κ1) is 10.9. The van der Waals surface area contributed by atoms with E-state index in [4.69, 9.17) is 0 Å². The lowest BCUT2D eigenvalue weighted by molar-refractivity contribution is 0.862. The normalized spacial score (nSPS) is 11.1. The van der Waals surface area contributed by atoms with E-state index >= 15 is 0 Å². The maximum atomic E-state index is 4.25. The van der Waals surface area contributed by atoms with Gasteiger partial charge in [-0.3, -0.25) is 0 Å². The molecule has 0 aliphatic heterocycles. The summed E-state index contributed by atoms with van der Waals surface area (Å²) in [5, 5.41) is 0. The standard InChI is InChI=1S/C14H18N2/c1-10(2)13-5-6-14(11(3)7-13)16-8-12(4)15-9-16/h5-10H,1-4H3. The van der Waals surface area contributed by atoms with Crippen LogP contribution in [-0.4, -0.2) is 9.55 Å². The molecular formula is C14H18N2. The number of hydrogen-bond acceptors (Lipinski definition) is 1. The fraction of sp³-hybridized carbons (Fsp3) is 0.357. The highest BCUT2D eigenvalue weighted by Crippen LogP contribution is 2.21. The zero-order valence-electron chi connectivity index (χ0n) is 10.4. The molecule has 1 aromatic heterocycles. The van der Waals surface area contributed by atoms with E-state index < -0.39 is 0 Å². The van der Waals surface area contributed by atoms with Crippen molar-refractivity contribution in [1.82, 2.24) is 9.55 Å². The number of imidazole rings is 1. The first-order valence-electron chi connectivity index (χ1n) is 5.69. The summed E-state index contributed by atoms with van der Waals surface area (Å²) in [7, 11) is 0. The van der Waals surface area contributed by atoms with Crippen molar-refractivity contribution >= 4 is 0 Å². The van der Waals surface area contributed by atoms with Gasteiger partial charge < -0.3 is 4.57 Å². The van der Waals surface area contributed by atoms with Crippen molar-refractivity contribution in [1.29, 1.82) is 0 Å². The van der Waals surface area contributed by atoms with Crippen LogP contribution in [0.5, 0.6) is 0 Å². The van der Waals surface area contributed by atoms with E-state index in [1.807, 2.05) is 13.3 Å². The summed E-state index contributed by atoms with van der Waals surface area (Å²) in [6, 6.07) is 6.63. The second-order valence-electron chi connectivity index (χ2n) is 4.62. The van der Waals surface area contributed by atoms with E-state index in [2.05, 4.69) is 54.7 Å². The molecule has 2 aromatic rings. The molecule has 0 atom stereocenters. The largest absolute Gasteiger partial charge is 0.306 e. The van der Waals surface area contributed by atoms with E-state index in [1.165, 1.54) is 16.8 Å². The van der Waals surface area contributed by atoms with E-state index in [9.17, 15) is 0 Å². The summed E-state index contributed by atoms with van der Waals surface area (Å²) in [4.78, 5) is 4.25. The number of aryl methyl sites for hydroxylation is 2. The molecule has 2 heteroatoms. The maximum absolute atomic E-state index is 4.25. The van der Waals surface area contributed by atoms with Crippen molar-refractivity contribution in [2.24, 2.45) is 0 Å². The van der Waals surface area contributed by atoms with Crippen molar-refractivity contribution < 1.29 is 0 Å². The first-order valence-corrected chi connectivity index (χ1v) is 5.69. The summed E-state index contributed by atoms with van der Waals surface area (Å²) in [5.41, 5.74) is 4.94. The summed E-state index contributed by atoms with van der Waals surface area (Å²) in [5.74, 6) is 0.581. The molecule has 0 fully saturated rings. The highest BCUT2D eigenvalue weighted by molar-refractivity contribution is 5.43. The SMILES string of the molecule is Cc1cn(-c2ccc(C(C)C)cc2C)cn1. The molecule has 16 heavy (non-hydrogen) atoms. The third-order valence-electron chi connectivity index (χ3n) is 2.88. The van der Waals surface area contributed by atoms with Gasteiger partial charge in [-0.2, -0.15) is 0 Å². The van der Waals surface area contributed by atoms with Gasteiger partial charge in [0.1, 0.15) is 0 Å². The van der Waals surface area contributed by atoms with Gasteiger partial charge in [0, 0.05) is 11.9 Å². The second-order valence-corrected chi connectivity index (χ2v) is 4.62. The molecule has 1 heterocycles. The van der Waals surface area contributed by atoms with Crippen molar-refractivity contribution in [3.8, 4) is 5.69 Å². The zero-order chi connectivity index (χ0) is 11.7. The Hall–Kier alpha value is -1.57. The number of rotatable bonds is 2. The smallest absolute Gasteiger partial charge is 0.0995 e. The van der Waals surface area contributed by atoms with Gasteiger partial charge in [0.25, 0.3) is 0 Å². The highest BCUT2D eigenvalue weighted by atomic mass is 15.0. The van der Waals surface area contributed by atoms with Crippen LogP contribution in [0.1, 0.15) is 36.6 Å². The molecule has 0 amide bonds. The quantitative estimate of drug-likeness (QED) is 0.746. The number of benzene rings is 1. The van der Waals surface area contributed by atoms with Crippen molar-refractivity contribution in [3.05, 3.63) is 47.5 Å². The van der Waals surface area contributed by atoms with Crippen LogP contribution in [0.3, 0.4) is 0 Å². The summed E-state index contributed by atoms with van der Waals surface area (Å²) < 4.78 is 2.08. The van der Waals surface area contributed by atoms with Crippen LogP contribution in [-0.2, 0) is 0 Å². The Morgan fingerprint density at radius 2 is 1.94 bits per heavy atom. The molecule has 2 rings (SSSR count). The molecule has 0 aliphatic rings. The molecule has 0 saturated heterocycles. The van der Waals surface area contributed by atoms with E-state index in [0.717, 1.165) is 5.69 Å². The van der Waals surface area contributed by atoms with Crippen LogP contribution < -0.4 is 0 Å². The maximum Gasteiger partial charge on any atom is 0.0995 e. The summed E-state index contributed by atoms with van der Waals surface area (Å²) >= 11 is 0. The minimum atomic E-state index is 0.581. The molecule has 2 nitrogen and oxygen atoms in total. The van der Waals surface area contributed by atoms with Crippen molar-refractivity contribution in [3.63, 3.8) is 0 Å². The van der Waals surface area contributed by atoms with Crippen LogP contribution in [0.2, 0.25) is 0 Å². The van der Waals surface area contributed by atoms with Crippen LogP contribution >= 0.6 is 0 Å². The molecule has 0 spiro atoms. The first-order chi connectivity index (χ1) is 7.58. The van der Waals surface area contributed by atoms with E-state index in [0.29, 0.717) is 5.92 Å². The van der Waals surface area contributed by atoms with Gasteiger partial charge in [-0.15, -0.1) is 0 Å². The Kier molecular flexibility index (Phi) is 2.82. The molecule has 0 bridgehead atoms. The summed E-state index contributed by atoms with van der Waals surface area (Å²) in [6.45, 7) is 8.59. The predicted molar refractivity (Wildman–Crippen MR) is 67.1 cm³/mol. The molecule has 1 aromatic carbocycles. The topological polar surface area (TPSA) is 17.8 Å². The van der Waals surface area contributed by atoms with Gasteiger partial charge in [-0.1, -0.05) is 26.0 Å². The highest BCUT2D eigenvalue weighted by Gasteiger charge is 2.05. The molecular weight excluding hydrogens is 196 g/mol. The van der Waals surface area contributed by atoms with Gasteiger partial charge in [-0.25, -0.2) is 4.98 Å². The number of aromatic nitrogens is 2. The van der Waals surface area contributed by atoms with E-state index in [-0.39, 0.29) is 0 Å². The predicted octanol–water partition coefficient (Wildman–Crippen LogP) is 3.61. The Labute approximate surface area is 97.0 Å². The molecule has 0 N–H and O–H groups in total. The number of hydrogen-bond donors (Lipinski definition) is 0. The van der Waals surface area contributed by atoms with Crippen LogP contribution in [0.15, 0.2) is 30.7 Å². The van der Waals surface area contributed by atoms with Gasteiger partial charge in [-0.05, 0) is 37.0 Å². The van der Waals surface area contributed by atoms with Crippen molar-refractivity contribution in [2.45, 2.75) is 33.6 Å². The van der Waals surface area contributed by atoms with Crippen molar-refractivity contribution in [2.75, 3.05) is 0 Å². The van der Waals surface area contributed by atoms with Crippen LogP contribution in [0.4, 0.5) is 0 Å². The lowest BCUT2D eigenvalue weighted by Gasteiger charge is -2.11. The third kappa shape index (κ3) is 2.01. The Morgan fingerprint density at radius 3 is 2.44 bits per heavy atom.